The third-order valence-corrected chi connectivity index (χ3v) is 7.08. The third-order valence-electron chi connectivity index (χ3n) is 6.90. The molecular formula is C29H32N6O2S. The number of piperazine rings is 1. The number of aryl methyl sites for hydroxylation is 2. The number of para-hydroxylation sites is 1. The molecule has 1 aliphatic heterocycles. The largest absolute Gasteiger partial charge is 0.497 e. The smallest absolute Gasteiger partial charge is 0.221 e. The molecule has 0 aliphatic carbocycles. The molecule has 1 aliphatic rings. The Morgan fingerprint density at radius 3 is 2.58 bits per heavy atom. The standard InChI is InChI=1S/C29H32N6O2S/c1-20-11-12-21(2)26(17-20)34-15-13-33(14-16-34)19-35-25-10-5-4-9-24(25)27(28(35)36)31-32-29(38)30-22-7-6-8-23(18-22)37-3/h4-12,17-18,36H,13-16,19H2,1-3H3,(H,30,38). The van der Waals surface area contributed by atoms with E-state index < -0.39 is 0 Å². The number of anilines is 2. The normalized spacial score (nSPS) is 14.3. The molecular weight excluding hydrogens is 496 g/mol. The van der Waals surface area contributed by atoms with Crippen LogP contribution in [0, 0.1) is 13.8 Å². The number of rotatable bonds is 6. The van der Waals surface area contributed by atoms with Crippen LogP contribution >= 0.6 is 12.2 Å². The monoisotopic (exact) mass is 528 g/mol. The predicted octanol–water partition coefficient (Wildman–Crippen LogP) is 6.23. The highest BCUT2D eigenvalue weighted by Gasteiger charge is 2.22. The summed E-state index contributed by atoms with van der Waals surface area (Å²) >= 11 is 5.37. The molecule has 0 atom stereocenters. The van der Waals surface area contributed by atoms with Gasteiger partial charge in [-0.3, -0.25) is 9.47 Å². The van der Waals surface area contributed by atoms with E-state index in [1.165, 1.54) is 16.8 Å². The lowest BCUT2D eigenvalue weighted by Crippen LogP contribution is -2.47. The first-order valence-corrected chi connectivity index (χ1v) is 13.1. The van der Waals surface area contributed by atoms with Crippen molar-refractivity contribution in [2.45, 2.75) is 20.5 Å². The molecule has 0 unspecified atom stereocenters. The highest BCUT2D eigenvalue weighted by Crippen LogP contribution is 2.39. The second-order valence-electron chi connectivity index (χ2n) is 9.52. The Hall–Kier alpha value is -3.95. The van der Waals surface area contributed by atoms with Crippen molar-refractivity contribution in [1.29, 1.82) is 0 Å². The minimum absolute atomic E-state index is 0.0797. The number of azo groups is 1. The Kier molecular flexibility index (Phi) is 7.57. The van der Waals surface area contributed by atoms with Gasteiger partial charge in [0.05, 0.1) is 19.3 Å². The number of aromatic nitrogens is 1. The van der Waals surface area contributed by atoms with Crippen LogP contribution in [0.15, 0.2) is 77.0 Å². The number of nitrogens with one attached hydrogen (secondary N) is 1. The summed E-state index contributed by atoms with van der Waals surface area (Å²) in [6, 6.07) is 21.9. The molecule has 1 fully saturated rings. The van der Waals surface area contributed by atoms with Gasteiger partial charge in [-0.05, 0) is 61.5 Å². The van der Waals surface area contributed by atoms with Crippen LogP contribution in [0.5, 0.6) is 11.6 Å². The first-order valence-electron chi connectivity index (χ1n) is 12.6. The maximum Gasteiger partial charge on any atom is 0.221 e. The van der Waals surface area contributed by atoms with E-state index in [-0.39, 0.29) is 11.0 Å². The number of hydrogen-bond acceptors (Lipinski definition) is 6. The highest BCUT2D eigenvalue weighted by atomic mass is 32.1. The summed E-state index contributed by atoms with van der Waals surface area (Å²) in [6.45, 7) is 8.52. The Balaban J connectivity index is 1.31. The van der Waals surface area contributed by atoms with Crippen molar-refractivity contribution >= 4 is 45.3 Å². The van der Waals surface area contributed by atoms with Gasteiger partial charge in [0, 0.05) is 49.0 Å². The SMILES string of the molecule is COc1cccc(NC(=S)N=Nc2c(O)n(CN3CCN(c4cc(C)ccc4C)CC3)c3ccccc23)c1. The third kappa shape index (κ3) is 5.49. The number of hydrogen-bond donors (Lipinski definition) is 2. The molecule has 0 saturated carbocycles. The van der Waals surface area contributed by atoms with E-state index in [0.29, 0.717) is 18.1 Å². The van der Waals surface area contributed by atoms with Gasteiger partial charge in [-0.2, -0.15) is 0 Å². The van der Waals surface area contributed by atoms with Crippen molar-refractivity contribution < 1.29 is 9.84 Å². The summed E-state index contributed by atoms with van der Waals surface area (Å²) in [5, 5.41) is 23.8. The molecule has 196 valence electrons. The van der Waals surface area contributed by atoms with Crippen LogP contribution in [0.1, 0.15) is 11.1 Å². The summed E-state index contributed by atoms with van der Waals surface area (Å²) in [4.78, 5) is 4.80. The minimum atomic E-state index is 0.0797. The maximum atomic E-state index is 11.2. The number of methoxy groups -OCH3 is 1. The fourth-order valence-electron chi connectivity index (χ4n) is 4.85. The van der Waals surface area contributed by atoms with Crippen LogP contribution in [-0.2, 0) is 6.67 Å². The van der Waals surface area contributed by atoms with Crippen LogP contribution in [-0.4, -0.2) is 53.0 Å². The topological polar surface area (TPSA) is 77.6 Å². The van der Waals surface area contributed by atoms with Crippen LogP contribution in [0.2, 0.25) is 0 Å². The second-order valence-corrected chi connectivity index (χ2v) is 9.90. The molecule has 9 heteroatoms. The van der Waals surface area contributed by atoms with Crippen molar-refractivity contribution in [3.05, 3.63) is 77.9 Å². The molecule has 2 heterocycles. The van der Waals surface area contributed by atoms with Crippen molar-refractivity contribution in [1.82, 2.24) is 9.47 Å². The predicted molar refractivity (Wildman–Crippen MR) is 157 cm³/mol. The quantitative estimate of drug-likeness (QED) is 0.228. The van der Waals surface area contributed by atoms with E-state index in [2.05, 4.69) is 57.4 Å². The molecule has 2 N–H and O–H groups in total. The zero-order valence-electron chi connectivity index (χ0n) is 21.9. The van der Waals surface area contributed by atoms with Gasteiger partial charge in [0.15, 0.2) is 5.69 Å². The first kappa shape index (κ1) is 25.7. The van der Waals surface area contributed by atoms with Crippen molar-refractivity contribution in [3.63, 3.8) is 0 Å². The average molecular weight is 529 g/mol. The maximum absolute atomic E-state index is 11.2. The van der Waals surface area contributed by atoms with E-state index in [0.717, 1.165) is 42.8 Å². The number of ether oxygens (including phenoxy) is 1. The molecule has 3 aromatic carbocycles. The zero-order valence-corrected chi connectivity index (χ0v) is 22.7. The molecule has 8 nitrogen and oxygen atoms in total. The Labute approximate surface area is 228 Å². The average Bonchev–Trinajstić information content (AvgIpc) is 3.19. The van der Waals surface area contributed by atoms with Crippen LogP contribution in [0.3, 0.4) is 0 Å². The fourth-order valence-corrected chi connectivity index (χ4v) is 5.01. The number of nitrogens with zero attached hydrogens (tertiary/aromatic N) is 5. The van der Waals surface area contributed by atoms with Gasteiger partial charge in [-0.1, -0.05) is 36.4 Å². The van der Waals surface area contributed by atoms with Gasteiger partial charge in [-0.15, -0.1) is 10.2 Å². The number of benzene rings is 3. The number of aromatic hydroxyl groups is 1. The molecule has 0 radical (unpaired) electrons. The molecule has 5 rings (SSSR count). The van der Waals surface area contributed by atoms with Gasteiger partial charge in [0.25, 0.3) is 0 Å². The van der Waals surface area contributed by atoms with Gasteiger partial charge >= 0.3 is 0 Å². The minimum Gasteiger partial charge on any atom is -0.497 e. The Bertz CT molecular complexity index is 1490. The fraction of sp³-hybridized carbons (Fsp3) is 0.276. The lowest BCUT2D eigenvalue weighted by atomic mass is 10.1. The van der Waals surface area contributed by atoms with Crippen molar-refractivity contribution in [3.8, 4) is 11.6 Å². The van der Waals surface area contributed by atoms with Gasteiger partial charge < -0.3 is 20.1 Å². The first-order chi connectivity index (χ1) is 18.4. The molecule has 0 bridgehead atoms. The van der Waals surface area contributed by atoms with E-state index >= 15 is 0 Å². The Morgan fingerprint density at radius 2 is 1.79 bits per heavy atom. The summed E-state index contributed by atoms with van der Waals surface area (Å²) in [6.07, 6.45) is 0. The molecule has 1 aromatic heterocycles. The van der Waals surface area contributed by atoms with Gasteiger partial charge in [-0.25, -0.2) is 0 Å². The van der Waals surface area contributed by atoms with Crippen molar-refractivity contribution in [2.24, 2.45) is 10.2 Å². The van der Waals surface area contributed by atoms with Crippen molar-refractivity contribution in [2.75, 3.05) is 43.5 Å². The molecule has 38 heavy (non-hydrogen) atoms. The van der Waals surface area contributed by atoms with Crippen LogP contribution in [0.4, 0.5) is 17.1 Å². The lowest BCUT2D eigenvalue weighted by molar-refractivity contribution is 0.200. The molecule has 0 amide bonds. The summed E-state index contributed by atoms with van der Waals surface area (Å²) < 4.78 is 7.15. The van der Waals surface area contributed by atoms with Crippen LogP contribution in [0.25, 0.3) is 10.9 Å². The second kappa shape index (κ2) is 11.2. The molecule has 4 aromatic rings. The summed E-state index contributed by atoms with van der Waals surface area (Å²) in [5.74, 6) is 0.793. The Morgan fingerprint density at radius 1 is 1.00 bits per heavy atom. The van der Waals surface area contributed by atoms with Gasteiger partial charge in [0.2, 0.25) is 11.0 Å². The number of fused-ring (bicyclic) bond motifs is 1. The van der Waals surface area contributed by atoms with Gasteiger partial charge in [0.1, 0.15) is 5.75 Å². The molecule has 0 spiro atoms. The summed E-state index contributed by atoms with van der Waals surface area (Å²) in [5.41, 5.74) is 5.94. The van der Waals surface area contributed by atoms with Crippen LogP contribution < -0.4 is 15.0 Å². The number of thiocarbonyl (C=S) groups is 1. The van der Waals surface area contributed by atoms with E-state index in [9.17, 15) is 5.11 Å². The lowest BCUT2D eigenvalue weighted by Gasteiger charge is -2.37. The summed E-state index contributed by atoms with van der Waals surface area (Å²) in [7, 11) is 1.61. The zero-order chi connectivity index (χ0) is 26.6. The van der Waals surface area contributed by atoms with E-state index in [1.54, 1.807) is 7.11 Å². The highest BCUT2D eigenvalue weighted by molar-refractivity contribution is 7.80. The van der Waals surface area contributed by atoms with E-state index in [4.69, 9.17) is 17.0 Å². The molecule has 1 saturated heterocycles. The van der Waals surface area contributed by atoms with E-state index in [1.807, 2.05) is 53.1 Å².